The molecule has 0 heterocycles. The molecule has 0 atom stereocenters. The van der Waals surface area contributed by atoms with Gasteiger partial charge in [0.15, 0.2) is 11.5 Å². The molecule has 2 rings (SSSR count). The fourth-order valence-corrected chi connectivity index (χ4v) is 2.57. The van der Waals surface area contributed by atoms with Gasteiger partial charge in [0.1, 0.15) is 11.5 Å². The molecule has 0 fully saturated rings. The molecule has 0 bridgehead atoms. The van der Waals surface area contributed by atoms with Crippen molar-refractivity contribution in [1.82, 2.24) is 0 Å². The number of hydrogen-bond donors (Lipinski definition) is 1. The second kappa shape index (κ2) is 8.01. The Hall–Kier alpha value is -2.56. The highest BCUT2D eigenvalue weighted by Crippen LogP contribution is 2.33. The quantitative estimate of drug-likeness (QED) is 0.780. The first-order chi connectivity index (χ1) is 11.9. The summed E-state index contributed by atoms with van der Waals surface area (Å²) in [7, 11) is 6.58. The van der Waals surface area contributed by atoms with Gasteiger partial charge in [0.25, 0.3) is 0 Å². The summed E-state index contributed by atoms with van der Waals surface area (Å²) in [5.74, 6) is 2.99. The maximum Gasteiger partial charge on any atom is 0.162 e. The van der Waals surface area contributed by atoms with Crippen LogP contribution in [0.25, 0.3) is 0 Å². The van der Waals surface area contributed by atoms with E-state index in [2.05, 4.69) is 19.2 Å². The van der Waals surface area contributed by atoms with Crippen molar-refractivity contribution >= 4 is 5.69 Å². The maximum absolute atomic E-state index is 5.38. The minimum atomic E-state index is -0.130. The first kappa shape index (κ1) is 18.8. The number of ether oxygens (including phenoxy) is 4. The van der Waals surface area contributed by atoms with Gasteiger partial charge in [-0.15, -0.1) is 0 Å². The molecule has 2 aromatic carbocycles. The summed E-state index contributed by atoms with van der Waals surface area (Å²) >= 11 is 0. The van der Waals surface area contributed by atoms with Crippen LogP contribution in [0, 0.1) is 0 Å². The van der Waals surface area contributed by atoms with Crippen molar-refractivity contribution in [2.75, 3.05) is 40.3 Å². The number of benzene rings is 2. The second-order valence-electron chi connectivity index (χ2n) is 6.41. The molecule has 0 aliphatic carbocycles. The lowest BCUT2D eigenvalue weighted by atomic mass is 9.84. The van der Waals surface area contributed by atoms with Gasteiger partial charge in [-0.2, -0.15) is 0 Å². The molecule has 5 heteroatoms. The van der Waals surface area contributed by atoms with Crippen LogP contribution in [0.2, 0.25) is 0 Å². The van der Waals surface area contributed by atoms with E-state index in [0.717, 1.165) is 29.3 Å². The van der Waals surface area contributed by atoms with Gasteiger partial charge in [-0.25, -0.2) is 0 Å². The van der Waals surface area contributed by atoms with Crippen molar-refractivity contribution in [1.29, 1.82) is 0 Å². The Kier molecular flexibility index (Phi) is 6.02. The topological polar surface area (TPSA) is 49.0 Å². The molecular weight excluding hydrogens is 318 g/mol. The first-order valence-electron chi connectivity index (χ1n) is 8.13. The van der Waals surface area contributed by atoms with Crippen LogP contribution in [0.15, 0.2) is 36.4 Å². The maximum atomic E-state index is 5.38. The molecule has 0 amide bonds. The molecule has 1 N–H and O–H groups in total. The summed E-state index contributed by atoms with van der Waals surface area (Å²) in [5, 5.41) is 3.47. The van der Waals surface area contributed by atoms with E-state index in [9.17, 15) is 0 Å². The highest BCUT2D eigenvalue weighted by atomic mass is 16.5. The Morgan fingerprint density at radius 1 is 0.760 bits per heavy atom. The Morgan fingerprint density at radius 3 is 1.88 bits per heavy atom. The molecule has 0 saturated heterocycles. The van der Waals surface area contributed by atoms with Crippen molar-refractivity contribution in [2.24, 2.45) is 0 Å². The third kappa shape index (κ3) is 4.50. The van der Waals surface area contributed by atoms with E-state index < -0.39 is 0 Å². The smallest absolute Gasteiger partial charge is 0.162 e. The van der Waals surface area contributed by atoms with Crippen LogP contribution in [0.5, 0.6) is 23.0 Å². The summed E-state index contributed by atoms with van der Waals surface area (Å²) in [6.07, 6.45) is 0. The Bertz CT molecular complexity index is 691. The first-order valence-corrected chi connectivity index (χ1v) is 8.13. The molecule has 0 spiro atoms. The van der Waals surface area contributed by atoms with Crippen molar-refractivity contribution in [3.63, 3.8) is 0 Å². The Labute approximate surface area is 149 Å². The standard InChI is InChI=1S/C20H27NO4/c1-20(2,14-9-16(22-3)12-17(10-14)23-4)13-21-15-7-8-18(24-5)19(11-15)25-6/h7-12,21H,13H2,1-6H3. The third-order valence-electron chi connectivity index (χ3n) is 4.25. The highest BCUT2D eigenvalue weighted by molar-refractivity contribution is 5.55. The van der Waals surface area contributed by atoms with Crippen LogP contribution < -0.4 is 24.3 Å². The molecule has 0 aliphatic rings. The number of methoxy groups -OCH3 is 4. The van der Waals surface area contributed by atoms with Gasteiger partial charge in [0, 0.05) is 29.8 Å². The van der Waals surface area contributed by atoms with Crippen molar-refractivity contribution in [3.8, 4) is 23.0 Å². The fourth-order valence-electron chi connectivity index (χ4n) is 2.57. The van der Waals surface area contributed by atoms with Crippen LogP contribution in [-0.2, 0) is 5.41 Å². The molecule has 0 aliphatic heterocycles. The fraction of sp³-hybridized carbons (Fsp3) is 0.400. The van der Waals surface area contributed by atoms with E-state index in [0.29, 0.717) is 11.5 Å². The van der Waals surface area contributed by atoms with Crippen LogP contribution in [0.4, 0.5) is 5.69 Å². The number of anilines is 1. The molecule has 0 unspecified atom stereocenters. The van der Waals surface area contributed by atoms with Gasteiger partial charge in [-0.1, -0.05) is 13.8 Å². The van der Waals surface area contributed by atoms with Crippen LogP contribution in [0.1, 0.15) is 19.4 Å². The zero-order valence-electron chi connectivity index (χ0n) is 15.8. The van der Waals surface area contributed by atoms with E-state index in [-0.39, 0.29) is 5.41 Å². The molecular formula is C20H27NO4. The number of hydrogen-bond acceptors (Lipinski definition) is 5. The van der Waals surface area contributed by atoms with Crippen LogP contribution in [0.3, 0.4) is 0 Å². The minimum absolute atomic E-state index is 0.130. The average molecular weight is 345 g/mol. The molecule has 25 heavy (non-hydrogen) atoms. The van der Waals surface area contributed by atoms with Crippen LogP contribution in [-0.4, -0.2) is 35.0 Å². The van der Waals surface area contributed by atoms with Crippen molar-refractivity contribution in [2.45, 2.75) is 19.3 Å². The number of nitrogens with one attached hydrogen (secondary N) is 1. The Morgan fingerprint density at radius 2 is 1.36 bits per heavy atom. The van der Waals surface area contributed by atoms with Gasteiger partial charge >= 0.3 is 0 Å². The zero-order valence-corrected chi connectivity index (χ0v) is 15.8. The normalized spacial score (nSPS) is 11.0. The monoisotopic (exact) mass is 345 g/mol. The summed E-state index contributed by atoms with van der Waals surface area (Å²) in [6.45, 7) is 5.09. The van der Waals surface area contributed by atoms with Gasteiger partial charge in [0.05, 0.1) is 28.4 Å². The van der Waals surface area contributed by atoms with E-state index in [1.54, 1.807) is 28.4 Å². The lowest BCUT2D eigenvalue weighted by molar-refractivity contribution is 0.355. The summed E-state index contributed by atoms with van der Waals surface area (Å²) in [5.41, 5.74) is 1.98. The summed E-state index contributed by atoms with van der Waals surface area (Å²) in [6, 6.07) is 11.8. The van der Waals surface area contributed by atoms with E-state index >= 15 is 0 Å². The molecule has 2 aromatic rings. The molecule has 0 radical (unpaired) electrons. The van der Waals surface area contributed by atoms with Crippen LogP contribution >= 0.6 is 0 Å². The third-order valence-corrected chi connectivity index (χ3v) is 4.25. The molecule has 136 valence electrons. The molecule has 0 aromatic heterocycles. The molecule has 5 nitrogen and oxygen atoms in total. The van der Waals surface area contributed by atoms with Gasteiger partial charge in [-0.3, -0.25) is 0 Å². The largest absolute Gasteiger partial charge is 0.497 e. The average Bonchev–Trinajstić information content (AvgIpc) is 2.65. The predicted octanol–water partition coefficient (Wildman–Crippen LogP) is 4.11. The molecule has 0 saturated carbocycles. The summed E-state index contributed by atoms with van der Waals surface area (Å²) < 4.78 is 21.4. The summed E-state index contributed by atoms with van der Waals surface area (Å²) in [4.78, 5) is 0. The van der Waals surface area contributed by atoms with Crippen molar-refractivity contribution in [3.05, 3.63) is 42.0 Å². The lowest BCUT2D eigenvalue weighted by Gasteiger charge is -2.27. The van der Waals surface area contributed by atoms with Crippen molar-refractivity contribution < 1.29 is 18.9 Å². The van der Waals surface area contributed by atoms with Gasteiger partial charge in [-0.05, 0) is 29.8 Å². The van der Waals surface area contributed by atoms with Gasteiger partial charge in [0.2, 0.25) is 0 Å². The second-order valence-corrected chi connectivity index (χ2v) is 6.41. The van der Waals surface area contributed by atoms with E-state index in [1.807, 2.05) is 36.4 Å². The Balaban J connectivity index is 2.19. The van der Waals surface area contributed by atoms with E-state index in [4.69, 9.17) is 18.9 Å². The zero-order chi connectivity index (χ0) is 18.4. The van der Waals surface area contributed by atoms with E-state index in [1.165, 1.54) is 0 Å². The minimum Gasteiger partial charge on any atom is -0.497 e. The highest BCUT2D eigenvalue weighted by Gasteiger charge is 2.22. The SMILES string of the molecule is COc1cc(OC)cc(C(C)(C)CNc2ccc(OC)c(OC)c2)c1. The predicted molar refractivity (Wildman–Crippen MR) is 101 cm³/mol. The van der Waals surface area contributed by atoms with Gasteiger partial charge < -0.3 is 24.3 Å². The lowest BCUT2D eigenvalue weighted by Crippen LogP contribution is -2.27. The number of rotatable bonds is 8.